The van der Waals surface area contributed by atoms with Crippen molar-refractivity contribution in [3.8, 4) is 0 Å². The molecule has 18 heavy (non-hydrogen) atoms. The maximum absolute atomic E-state index is 12.2. The van der Waals surface area contributed by atoms with E-state index >= 15 is 0 Å². The number of Topliss-reactive ketones (excluding diaryl/α,β-unsaturated/α-hetero) is 1. The summed E-state index contributed by atoms with van der Waals surface area (Å²) in [6, 6.07) is 3.81. The van der Waals surface area contributed by atoms with Gasteiger partial charge in [-0.2, -0.15) is 0 Å². The van der Waals surface area contributed by atoms with Crippen LogP contribution in [0, 0.1) is 0 Å². The molecule has 0 aromatic carbocycles. The first-order valence-corrected chi connectivity index (χ1v) is 6.23. The maximum atomic E-state index is 12.2. The average Bonchev–Trinajstić information content (AvgIpc) is 2.85. The number of carbonyl (C=O) groups is 1. The van der Waals surface area contributed by atoms with Crippen molar-refractivity contribution in [1.82, 2.24) is 14.5 Å². The van der Waals surface area contributed by atoms with Crippen molar-refractivity contribution < 1.29 is 4.79 Å². The number of imidazole rings is 1. The zero-order valence-electron chi connectivity index (χ0n) is 10.8. The van der Waals surface area contributed by atoms with E-state index in [-0.39, 0.29) is 5.78 Å². The lowest BCUT2D eigenvalue weighted by Crippen LogP contribution is -2.13. The molecule has 4 nitrogen and oxygen atoms in total. The molecule has 0 unspecified atom stereocenters. The smallest absolute Gasteiger partial charge is 0.188 e. The number of carbonyl (C=O) groups excluding carboxylic acids is 1. The summed E-state index contributed by atoms with van der Waals surface area (Å²) in [6.07, 6.45) is 6.41. The highest BCUT2D eigenvalue weighted by Gasteiger charge is 2.14. The second-order valence-electron chi connectivity index (χ2n) is 4.09. The van der Waals surface area contributed by atoms with Gasteiger partial charge in [-0.1, -0.05) is 13.0 Å². The minimum atomic E-state index is 0.0355. The SMILES string of the molecule is CCc1cccnc1C(=O)Cc1nccn1CC. The van der Waals surface area contributed by atoms with Gasteiger partial charge in [0, 0.05) is 25.1 Å². The summed E-state index contributed by atoms with van der Waals surface area (Å²) in [5, 5.41) is 0. The van der Waals surface area contributed by atoms with Crippen molar-refractivity contribution >= 4 is 5.78 Å². The number of ketones is 1. The molecule has 0 aliphatic heterocycles. The Morgan fingerprint density at radius 3 is 2.83 bits per heavy atom. The Morgan fingerprint density at radius 2 is 2.11 bits per heavy atom. The number of rotatable bonds is 5. The van der Waals surface area contributed by atoms with Gasteiger partial charge < -0.3 is 4.57 Å². The van der Waals surface area contributed by atoms with Gasteiger partial charge in [-0.25, -0.2) is 4.98 Å². The molecule has 0 amide bonds. The highest BCUT2D eigenvalue weighted by Crippen LogP contribution is 2.10. The Balaban J connectivity index is 2.22. The van der Waals surface area contributed by atoms with Gasteiger partial charge in [-0.15, -0.1) is 0 Å². The molecule has 2 rings (SSSR count). The summed E-state index contributed by atoms with van der Waals surface area (Å²) >= 11 is 0. The second-order valence-corrected chi connectivity index (χ2v) is 4.09. The van der Waals surface area contributed by atoms with Crippen molar-refractivity contribution in [3.05, 3.63) is 47.8 Å². The fraction of sp³-hybridized carbons (Fsp3) is 0.357. The van der Waals surface area contributed by atoms with Crippen LogP contribution in [-0.4, -0.2) is 20.3 Å². The van der Waals surface area contributed by atoms with Crippen molar-refractivity contribution in [2.45, 2.75) is 33.2 Å². The van der Waals surface area contributed by atoms with Gasteiger partial charge >= 0.3 is 0 Å². The molecule has 0 fully saturated rings. The van der Waals surface area contributed by atoms with E-state index in [0.29, 0.717) is 12.1 Å². The van der Waals surface area contributed by atoms with Crippen molar-refractivity contribution in [3.63, 3.8) is 0 Å². The van der Waals surface area contributed by atoms with E-state index in [4.69, 9.17) is 0 Å². The van der Waals surface area contributed by atoms with E-state index in [1.807, 2.05) is 36.7 Å². The summed E-state index contributed by atoms with van der Waals surface area (Å²) in [5.41, 5.74) is 1.57. The highest BCUT2D eigenvalue weighted by atomic mass is 16.1. The summed E-state index contributed by atoms with van der Waals surface area (Å²) in [6.45, 7) is 4.89. The molecule has 2 aromatic rings. The van der Waals surface area contributed by atoms with E-state index in [0.717, 1.165) is 24.4 Å². The zero-order chi connectivity index (χ0) is 13.0. The summed E-state index contributed by atoms with van der Waals surface area (Å²) < 4.78 is 1.98. The first kappa shape index (κ1) is 12.5. The van der Waals surface area contributed by atoms with Crippen LogP contribution >= 0.6 is 0 Å². The largest absolute Gasteiger partial charge is 0.335 e. The third kappa shape index (κ3) is 2.47. The van der Waals surface area contributed by atoms with Crippen LogP contribution in [0.2, 0.25) is 0 Å². The van der Waals surface area contributed by atoms with E-state index in [1.165, 1.54) is 0 Å². The molecular weight excluding hydrogens is 226 g/mol. The van der Waals surface area contributed by atoms with Crippen LogP contribution in [0.3, 0.4) is 0 Å². The highest BCUT2D eigenvalue weighted by molar-refractivity contribution is 5.96. The molecule has 0 spiro atoms. The second kappa shape index (κ2) is 5.58. The van der Waals surface area contributed by atoms with Crippen LogP contribution in [0.5, 0.6) is 0 Å². The molecule has 0 radical (unpaired) electrons. The summed E-state index contributed by atoms with van der Waals surface area (Å²) in [4.78, 5) is 20.7. The molecule has 94 valence electrons. The number of pyridine rings is 1. The minimum Gasteiger partial charge on any atom is -0.335 e. The standard InChI is InChI=1S/C14H17N3O/c1-3-11-6-5-7-16-14(11)12(18)10-13-15-8-9-17(13)4-2/h5-9H,3-4,10H2,1-2H3. The van der Waals surface area contributed by atoms with Gasteiger partial charge in [0.1, 0.15) is 11.5 Å². The van der Waals surface area contributed by atoms with E-state index in [1.54, 1.807) is 12.4 Å². The van der Waals surface area contributed by atoms with Crippen molar-refractivity contribution in [1.29, 1.82) is 0 Å². The molecule has 0 N–H and O–H groups in total. The Bertz CT molecular complexity index is 545. The average molecular weight is 243 g/mol. The normalized spacial score (nSPS) is 10.6. The van der Waals surface area contributed by atoms with Gasteiger partial charge in [0.05, 0.1) is 6.42 Å². The molecule has 2 heterocycles. The Hall–Kier alpha value is -1.97. The number of hydrogen-bond donors (Lipinski definition) is 0. The molecular formula is C14H17N3O. The van der Waals surface area contributed by atoms with Crippen LogP contribution in [0.1, 0.15) is 35.7 Å². The molecule has 2 aromatic heterocycles. The number of aryl methyl sites for hydroxylation is 2. The number of nitrogens with zero attached hydrogens (tertiary/aromatic N) is 3. The van der Waals surface area contributed by atoms with Crippen LogP contribution in [0.4, 0.5) is 0 Å². The Morgan fingerprint density at radius 1 is 1.28 bits per heavy atom. The lowest BCUT2D eigenvalue weighted by atomic mass is 10.1. The molecule has 0 aliphatic carbocycles. The van der Waals surface area contributed by atoms with Crippen LogP contribution < -0.4 is 0 Å². The van der Waals surface area contributed by atoms with Crippen molar-refractivity contribution in [2.24, 2.45) is 0 Å². The fourth-order valence-electron chi connectivity index (χ4n) is 2.00. The number of hydrogen-bond acceptors (Lipinski definition) is 3. The zero-order valence-corrected chi connectivity index (χ0v) is 10.8. The molecule has 0 aliphatic rings. The Labute approximate surface area is 107 Å². The molecule has 4 heteroatoms. The van der Waals surface area contributed by atoms with Gasteiger partial charge in [-0.3, -0.25) is 9.78 Å². The van der Waals surface area contributed by atoms with Crippen LogP contribution in [-0.2, 0) is 19.4 Å². The maximum Gasteiger partial charge on any atom is 0.188 e. The molecule has 0 saturated carbocycles. The van der Waals surface area contributed by atoms with Crippen molar-refractivity contribution in [2.75, 3.05) is 0 Å². The molecule has 0 atom stereocenters. The van der Waals surface area contributed by atoms with Crippen LogP contribution in [0.25, 0.3) is 0 Å². The number of aromatic nitrogens is 3. The van der Waals surface area contributed by atoms with Gasteiger partial charge in [0.15, 0.2) is 5.78 Å². The predicted molar refractivity (Wildman–Crippen MR) is 69.6 cm³/mol. The monoisotopic (exact) mass is 243 g/mol. The van der Waals surface area contributed by atoms with E-state index < -0.39 is 0 Å². The summed E-state index contributed by atoms with van der Waals surface area (Å²) in [7, 11) is 0. The first-order valence-electron chi connectivity index (χ1n) is 6.23. The third-order valence-electron chi connectivity index (χ3n) is 3.00. The van der Waals surface area contributed by atoms with E-state index in [2.05, 4.69) is 9.97 Å². The lowest BCUT2D eigenvalue weighted by Gasteiger charge is -2.06. The molecule has 0 bridgehead atoms. The topological polar surface area (TPSA) is 47.8 Å². The fourth-order valence-corrected chi connectivity index (χ4v) is 2.00. The molecule has 0 saturated heterocycles. The van der Waals surface area contributed by atoms with Gasteiger partial charge in [0.25, 0.3) is 0 Å². The first-order chi connectivity index (χ1) is 8.76. The quantitative estimate of drug-likeness (QED) is 0.757. The van der Waals surface area contributed by atoms with E-state index in [9.17, 15) is 4.79 Å². The lowest BCUT2D eigenvalue weighted by molar-refractivity contribution is 0.0984. The third-order valence-corrected chi connectivity index (χ3v) is 3.00. The van der Waals surface area contributed by atoms with Gasteiger partial charge in [0.2, 0.25) is 0 Å². The predicted octanol–water partition coefficient (Wildman–Crippen LogP) is 2.29. The summed E-state index contributed by atoms with van der Waals surface area (Å²) in [5.74, 6) is 0.837. The Kier molecular flexibility index (Phi) is 3.87. The van der Waals surface area contributed by atoms with Crippen LogP contribution in [0.15, 0.2) is 30.7 Å². The minimum absolute atomic E-state index is 0.0355. The van der Waals surface area contributed by atoms with Gasteiger partial charge in [-0.05, 0) is 25.0 Å².